The number of carbonyl (C=O) groups excluding carboxylic acids is 1. The Morgan fingerprint density at radius 1 is 1.03 bits per heavy atom. The summed E-state index contributed by atoms with van der Waals surface area (Å²) in [5.74, 6) is -1.13. The Bertz CT molecular complexity index is 1380. The van der Waals surface area contributed by atoms with E-state index in [0.29, 0.717) is 23.4 Å². The van der Waals surface area contributed by atoms with Crippen molar-refractivity contribution in [2.75, 3.05) is 5.32 Å². The smallest absolute Gasteiger partial charge is 0.358 e. The maximum absolute atomic E-state index is 14.7. The van der Waals surface area contributed by atoms with Crippen molar-refractivity contribution in [2.24, 2.45) is 0 Å². The molecule has 1 aliphatic carbocycles. The lowest BCUT2D eigenvalue weighted by atomic mass is 10.0. The molecule has 11 heteroatoms. The van der Waals surface area contributed by atoms with Gasteiger partial charge in [-0.1, -0.05) is 17.3 Å². The fraction of sp³-hybridized carbons (Fsp3) is 0.240. The molecule has 3 heterocycles. The second-order valence-electron chi connectivity index (χ2n) is 8.61. The van der Waals surface area contributed by atoms with Crippen LogP contribution in [0.3, 0.4) is 0 Å². The Morgan fingerprint density at radius 3 is 2.39 bits per heavy atom. The van der Waals surface area contributed by atoms with Crippen LogP contribution >= 0.6 is 0 Å². The molecule has 1 aromatic carbocycles. The monoisotopic (exact) mass is 497 g/mol. The highest BCUT2D eigenvalue weighted by Gasteiger charge is 2.66. The lowest BCUT2D eigenvalue weighted by Gasteiger charge is -2.14. The van der Waals surface area contributed by atoms with Crippen LogP contribution < -0.4 is 5.32 Å². The van der Waals surface area contributed by atoms with E-state index < -0.39 is 23.3 Å². The predicted octanol–water partition coefficient (Wildman–Crippen LogP) is 5.03. The van der Waals surface area contributed by atoms with Gasteiger partial charge in [0.2, 0.25) is 5.91 Å². The van der Waals surface area contributed by atoms with E-state index in [1.165, 1.54) is 12.1 Å². The lowest BCUT2D eigenvalue weighted by Crippen LogP contribution is -2.28. The van der Waals surface area contributed by atoms with Gasteiger partial charge < -0.3 is 9.84 Å². The second-order valence-corrected chi connectivity index (χ2v) is 8.61. The number of aromatic nitrogens is 4. The van der Waals surface area contributed by atoms with Crippen LogP contribution in [0.2, 0.25) is 0 Å². The number of amides is 1. The van der Waals surface area contributed by atoms with Crippen LogP contribution in [0.1, 0.15) is 35.6 Å². The number of nitrogens with zero attached hydrogens (tertiary/aromatic N) is 4. The van der Waals surface area contributed by atoms with Crippen molar-refractivity contribution in [3.8, 4) is 11.1 Å². The van der Waals surface area contributed by atoms with Crippen molar-refractivity contribution in [3.05, 3.63) is 89.7 Å². The molecular formula is C25H19F4N5O2. The Balaban J connectivity index is 1.22. The molecule has 0 aliphatic heterocycles. The van der Waals surface area contributed by atoms with Crippen LogP contribution in [-0.2, 0) is 23.1 Å². The summed E-state index contributed by atoms with van der Waals surface area (Å²) in [4.78, 5) is 25.0. The molecule has 36 heavy (non-hydrogen) atoms. The van der Waals surface area contributed by atoms with Gasteiger partial charge in [0.05, 0.1) is 6.42 Å². The van der Waals surface area contributed by atoms with Crippen LogP contribution in [-0.4, -0.2) is 32.2 Å². The number of hydrogen-bond donors (Lipinski definition) is 1. The molecule has 0 atom stereocenters. The minimum atomic E-state index is -4.45. The summed E-state index contributed by atoms with van der Waals surface area (Å²) in [6.45, 7) is 0. The van der Waals surface area contributed by atoms with E-state index in [4.69, 9.17) is 4.52 Å². The lowest BCUT2D eigenvalue weighted by molar-refractivity contribution is -0.165. The Kier molecular flexibility index (Phi) is 5.99. The standard InChI is InChI=1S/C25H19F4N5O2/c26-19-10-16(18-13-31-21(32-14-18)9-15-3-7-30-8-4-15)1-2-17(19)11-23(35)33-22-12-20(36-34-22)24(5-6-24)25(27,28)29/h1-4,7-8,10,12-14H,5-6,9,11H2,(H,33,34,35). The normalized spacial score (nSPS) is 14.4. The summed E-state index contributed by atoms with van der Waals surface area (Å²) >= 11 is 0. The zero-order valence-corrected chi connectivity index (χ0v) is 18.7. The average molecular weight is 497 g/mol. The zero-order chi connectivity index (χ0) is 25.3. The number of halogens is 4. The number of anilines is 1. The van der Waals surface area contributed by atoms with Crippen molar-refractivity contribution in [2.45, 2.75) is 37.3 Å². The average Bonchev–Trinajstić information content (AvgIpc) is 3.55. The molecule has 0 spiro atoms. The number of benzene rings is 1. The van der Waals surface area contributed by atoms with Crippen LogP contribution in [0.15, 0.2) is 65.7 Å². The molecule has 1 saturated carbocycles. The van der Waals surface area contributed by atoms with E-state index in [-0.39, 0.29) is 36.4 Å². The number of carbonyl (C=O) groups is 1. The van der Waals surface area contributed by atoms with Crippen LogP contribution in [0.5, 0.6) is 0 Å². The number of hydrogen-bond acceptors (Lipinski definition) is 6. The first kappa shape index (κ1) is 23.6. The minimum Gasteiger partial charge on any atom is -0.358 e. The quantitative estimate of drug-likeness (QED) is 0.360. The van der Waals surface area contributed by atoms with Crippen molar-refractivity contribution < 1.29 is 26.9 Å². The summed E-state index contributed by atoms with van der Waals surface area (Å²) in [6, 6.07) is 9.19. The van der Waals surface area contributed by atoms with Crippen molar-refractivity contribution >= 4 is 11.7 Å². The molecule has 1 fully saturated rings. The second kappa shape index (κ2) is 9.14. The van der Waals surface area contributed by atoms with E-state index in [1.54, 1.807) is 30.9 Å². The third-order valence-electron chi connectivity index (χ3n) is 6.10. The maximum Gasteiger partial charge on any atom is 0.401 e. The molecule has 1 amide bonds. The zero-order valence-electron chi connectivity index (χ0n) is 18.7. The molecule has 184 valence electrons. The van der Waals surface area contributed by atoms with Gasteiger partial charge in [-0.15, -0.1) is 0 Å². The summed E-state index contributed by atoms with van der Waals surface area (Å²) in [5.41, 5.74) is 0.239. The number of alkyl halides is 3. The van der Waals surface area contributed by atoms with E-state index >= 15 is 0 Å². The largest absolute Gasteiger partial charge is 0.401 e. The van der Waals surface area contributed by atoms with Gasteiger partial charge >= 0.3 is 6.18 Å². The molecule has 5 rings (SSSR count). The molecule has 4 aromatic rings. The molecule has 0 saturated heterocycles. The summed E-state index contributed by atoms with van der Waals surface area (Å²) < 4.78 is 59.2. The van der Waals surface area contributed by atoms with Gasteiger partial charge in [-0.05, 0) is 47.7 Å². The van der Waals surface area contributed by atoms with Gasteiger partial charge in [0.25, 0.3) is 0 Å². The van der Waals surface area contributed by atoms with Gasteiger partial charge in [0, 0.05) is 42.8 Å². The van der Waals surface area contributed by atoms with Crippen LogP contribution in [0, 0.1) is 5.82 Å². The van der Waals surface area contributed by atoms with Crippen molar-refractivity contribution in [1.29, 1.82) is 0 Å². The van der Waals surface area contributed by atoms with Gasteiger partial charge in [-0.25, -0.2) is 14.4 Å². The Hall–Kier alpha value is -4.15. The van der Waals surface area contributed by atoms with Gasteiger partial charge in [-0.3, -0.25) is 9.78 Å². The third kappa shape index (κ3) is 4.81. The van der Waals surface area contributed by atoms with E-state index in [9.17, 15) is 22.4 Å². The summed E-state index contributed by atoms with van der Waals surface area (Å²) in [6.07, 6.45) is 2.15. The van der Waals surface area contributed by atoms with Gasteiger partial charge in [0.1, 0.15) is 17.1 Å². The summed E-state index contributed by atoms with van der Waals surface area (Å²) in [7, 11) is 0. The highest BCUT2D eigenvalue weighted by molar-refractivity contribution is 5.91. The maximum atomic E-state index is 14.7. The topological polar surface area (TPSA) is 93.8 Å². The fourth-order valence-electron chi connectivity index (χ4n) is 3.86. The first-order chi connectivity index (χ1) is 17.2. The molecule has 0 unspecified atom stereocenters. The first-order valence-electron chi connectivity index (χ1n) is 11.1. The van der Waals surface area contributed by atoms with E-state index in [1.807, 2.05) is 12.1 Å². The van der Waals surface area contributed by atoms with Crippen LogP contribution in [0.4, 0.5) is 23.4 Å². The molecule has 0 radical (unpaired) electrons. The number of pyridine rings is 1. The number of rotatable bonds is 7. The molecule has 1 N–H and O–H groups in total. The minimum absolute atomic E-state index is 0.0881. The van der Waals surface area contributed by atoms with Crippen molar-refractivity contribution in [1.82, 2.24) is 20.1 Å². The highest BCUT2D eigenvalue weighted by atomic mass is 19.4. The van der Waals surface area contributed by atoms with E-state index in [0.717, 1.165) is 11.6 Å². The first-order valence-corrected chi connectivity index (χ1v) is 11.1. The van der Waals surface area contributed by atoms with Gasteiger partial charge in [0.15, 0.2) is 11.6 Å². The summed E-state index contributed by atoms with van der Waals surface area (Å²) in [5, 5.41) is 5.87. The third-order valence-corrected chi connectivity index (χ3v) is 6.10. The fourth-order valence-corrected chi connectivity index (χ4v) is 3.86. The Morgan fingerprint density at radius 2 is 1.75 bits per heavy atom. The Labute approximate surface area is 202 Å². The van der Waals surface area contributed by atoms with Gasteiger partial charge in [-0.2, -0.15) is 13.2 Å². The van der Waals surface area contributed by atoms with Crippen molar-refractivity contribution in [3.63, 3.8) is 0 Å². The molecule has 1 aliphatic rings. The molecule has 0 bridgehead atoms. The SMILES string of the molecule is O=C(Cc1ccc(-c2cnc(Cc3ccncc3)nc2)cc1F)Nc1cc(C2(C(F)(F)F)CC2)on1. The predicted molar refractivity (Wildman–Crippen MR) is 120 cm³/mol. The molecule has 7 nitrogen and oxygen atoms in total. The molecular weight excluding hydrogens is 478 g/mol. The molecule has 3 aromatic heterocycles. The van der Waals surface area contributed by atoms with E-state index in [2.05, 4.69) is 25.4 Å². The number of nitrogens with one attached hydrogen (secondary N) is 1. The highest BCUT2D eigenvalue weighted by Crippen LogP contribution is 2.59. The van der Waals surface area contributed by atoms with Crippen LogP contribution in [0.25, 0.3) is 11.1 Å².